The van der Waals surface area contributed by atoms with E-state index >= 15 is 0 Å². The molecule has 1 rings (SSSR count). The Hall–Kier alpha value is -0.660. The highest BCUT2D eigenvalue weighted by atomic mass is 15.2. The fourth-order valence-electron chi connectivity index (χ4n) is 0.662. The smallest absolute Gasteiger partial charge is 0.0487 e. The van der Waals surface area contributed by atoms with E-state index < -0.39 is 0 Å². The first kappa shape index (κ1) is 6.46. The third-order valence-corrected chi connectivity index (χ3v) is 2.16. The molecule has 0 saturated heterocycles. The van der Waals surface area contributed by atoms with E-state index in [2.05, 4.69) is 24.1 Å². The van der Waals surface area contributed by atoms with Gasteiger partial charge in [0.2, 0.25) is 0 Å². The molecule has 0 spiro atoms. The Kier molecular flexibility index (Phi) is 1.19. The maximum Gasteiger partial charge on any atom is 0.0487 e. The summed E-state index contributed by atoms with van der Waals surface area (Å²) in [7, 11) is 0. The summed E-state index contributed by atoms with van der Waals surface area (Å²) in [4.78, 5) is 0. The molecule has 0 fully saturated rings. The topological polar surface area (TPSA) is 24.7 Å². The summed E-state index contributed by atoms with van der Waals surface area (Å²) >= 11 is 0. The standard InChI is InChI=1S/C7H12N2/c1-5-7(3,4)6(2)9-8-5/h1-4H3. The minimum Gasteiger partial charge on any atom is -0.159 e. The molecule has 0 unspecified atom stereocenters. The maximum absolute atomic E-state index is 3.97. The molecule has 1 aliphatic rings. The van der Waals surface area contributed by atoms with E-state index in [0.29, 0.717) is 0 Å². The number of rotatable bonds is 0. The molecule has 0 N–H and O–H groups in total. The molecule has 0 saturated carbocycles. The van der Waals surface area contributed by atoms with Crippen LogP contribution in [-0.2, 0) is 0 Å². The highest BCUT2D eigenvalue weighted by Gasteiger charge is 2.29. The van der Waals surface area contributed by atoms with Gasteiger partial charge in [-0.05, 0) is 27.7 Å². The summed E-state index contributed by atoms with van der Waals surface area (Å²) in [5, 5.41) is 7.95. The van der Waals surface area contributed by atoms with Crippen molar-refractivity contribution in [3.8, 4) is 0 Å². The van der Waals surface area contributed by atoms with Gasteiger partial charge in [-0.15, -0.1) is 0 Å². The molecule has 0 atom stereocenters. The van der Waals surface area contributed by atoms with E-state index in [1.54, 1.807) is 0 Å². The van der Waals surface area contributed by atoms with Gasteiger partial charge in [0.05, 0.1) is 0 Å². The Bertz CT molecular complexity index is 167. The zero-order valence-electron chi connectivity index (χ0n) is 6.39. The lowest BCUT2D eigenvalue weighted by molar-refractivity contribution is 0.735. The third-order valence-electron chi connectivity index (χ3n) is 2.16. The van der Waals surface area contributed by atoms with Crippen molar-refractivity contribution >= 4 is 11.4 Å². The SMILES string of the molecule is CC1=NN=C(C)C1(C)C. The first-order valence-electron chi connectivity index (χ1n) is 3.15. The maximum atomic E-state index is 3.97. The van der Waals surface area contributed by atoms with Crippen molar-refractivity contribution in [1.29, 1.82) is 0 Å². The summed E-state index contributed by atoms with van der Waals surface area (Å²) in [6.45, 7) is 8.30. The lowest BCUT2D eigenvalue weighted by atomic mass is 9.85. The lowest BCUT2D eigenvalue weighted by Crippen LogP contribution is -2.25. The van der Waals surface area contributed by atoms with E-state index in [1.807, 2.05) is 13.8 Å². The van der Waals surface area contributed by atoms with Crippen LogP contribution < -0.4 is 0 Å². The highest BCUT2D eigenvalue weighted by molar-refractivity contribution is 6.11. The van der Waals surface area contributed by atoms with Crippen LogP contribution in [0.1, 0.15) is 27.7 Å². The number of hydrogen-bond donors (Lipinski definition) is 0. The second kappa shape index (κ2) is 1.66. The Morgan fingerprint density at radius 3 is 1.44 bits per heavy atom. The summed E-state index contributed by atoms with van der Waals surface area (Å²) in [5.74, 6) is 0. The molecule has 1 heterocycles. The molecule has 1 aliphatic heterocycles. The minimum absolute atomic E-state index is 0.111. The quantitative estimate of drug-likeness (QED) is 0.471. The fourth-order valence-corrected chi connectivity index (χ4v) is 0.662. The number of nitrogens with zero attached hydrogens (tertiary/aromatic N) is 2. The largest absolute Gasteiger partial charge is 0.159 e. The molecular weight excluding hydrogens is 112 g/mol. The van der Waals surface area contributed by atoms with Gasteiger partial charge in [0.1, 0.15) is 0 Å². The van der Waals surface area contributed by atoms with Gasteiger partial charge >= 0.3 is 0 Å². The van der Waals surface area contributed by atoms with Crippen molar-refractivity contribution in [2.75, 3.05) is 0 Å². The second-order valence-corrected chi connectivity index (χ2v) is 3.00. The molecule has 0 amide bonds. The Morgan fingerprint density at radius 1 is 1.00 bits per heavy atom. The summed E-state index contributed by atoms with van der Waals surface area (Å²) in [6.07, 6.45) is 0. The van der Waals surface area contributed by atoms with Crippen LogP contribution in [0.5, 0.6) is 0 Å². The zero-order valence-corrected chi connectivity index (χ0v) is 6.39. The van der Waals surface area contributed by atoms with Crippen LogP contribution in [0.15, 0.2) is 10.2 Å². The molecular formula is C7H12N2. The fraction of sp³-hybridized carbons (Fsp3) is 0.714. The molecule has 0 bridgehead atoms. The monoisotopic (exact) mass is 124 g/mol. The van der Waals surface area contributed by atoms with Crippen molar-refractivity contribution in [2.24, 2.45) is 15.6 Å². The molecule has 2 nitrogen and oxygen atoms in total. The van der Waals surface area contributed by atoms with Crippen LogP contribution in [0.3, 0.4) is 0 Å². The van der Waals surface area contributed by atoms with E-state index in [-0.39, 0.29) is 5.41 Å². The lowest BCUT2D eigenvalue weighted by Gasteiger charge is -2.16. The molecule has 9 heavy (non-hydrogen) atoms. The molecule has 0 radical (unpaired) electrons. The van der Waals surface area contributed by atoms with Crippen LogP contribution in [-0.4, -0.2) is 11.4 Å². The Balaban J connectivity index is 2.96. The van der Waals surface area contributed by atoms with Crippen molar-refractivity contribution in [3.63, 3.8) is 0 Å². The molecule has 50 valence electrons. The van der Waals surface area contributed by atoms with Crippen molar-refractivity contribution in [1.82, 2.24) is 0 Å². The van der Waals surface area contributed by atoms with E-state index in [4.69, 9.17) is 0 Å². The Labute approximate surface area is 55.7 Å². The minimum atomic E-state index is 0.111. The van der Waals surface area contributed by atoms with Crippen molar-refractivity contribution in [3.05, 3.63) is 0 Å². The zero-order chi connectivity index (χ0) is 7.07. The molecule has 2 heteroatoms. The van der Waals surface area contributed by atoms with Crippen LogP contribution >= 0.6 is 0 Å². The van der Waals surface area contributed by atoms with Gasteiger partial charge in [0.15, 0.2) is 0 Å². The van der Waals surface area contributed by atoms with Gasteiger partial charge in [0.25, 0.3) is 0 Å². The summed E-state index contributed by atoms with van der Waals surface area (Å²) in [5.41, 5.74) is 2.33. The van der Waals surface area contributed by atoms with Gasteiger partial charge < -0.3 is 0 Å². The van der Waals surface area contributed by atoms with Crippen molar-refractivity contribution in [2.45, 2.75) is 27.7 Å². The Morgan fingerprint density at radius 2 is 1.33 bits per heavy atom. The second-order valence-electron chi connectivity index (χ2n) is 3.00. The summed E-state index contributed by atoms with van der Waals surface area (Å²) < 4.78 is 0. The summed E-state index contributed by atoms with van der Waals surface area (Å²) in [6, 6.07) is 0. The van der Waals surface area contributed by atoms with E-state index in [1.165, 1.54) is 0 Å². The molecule has 0 aliphatic carbocycles. The van der Waals surface area contributed by atoms with Gasteiger partial charge in [-0.1, -0.05) is 0 Å². The highest BCUT2D eigenvalue weighted by Crippen LogP contribution is 2.24. The van der Waals surface area contributed by atoms with Crippen LogP contribution in [0.25, 0.3) is 0 Å². The number of hydrogen-bond acceptors (Lipinski definition) is 2. The average molecular weight is 124 g/mol. The molecule has 0 aromatic heterocycles. The molecule has 0 aromatic carbocycles. The van der Waals surface area contributed by atoms with Crippen molar-refractivity contribution < 1.29 is 0 Å². The van der Waals surface area contributed by atoms with Crippen LogP contribution in [0, 0.1) is 5.41 Å². The van der Waals surface area contributed by atoms with Gasteiger partial charge in [-0.3, -0.25) is 0 Å². The first-order chi connectivity index (χ1) is 4.05. The predicted molar refractivity (Wildman–Crippen MR) is 40.0 cm³/mol. The van der Waals surface area contributed by atoms with Gasteiger partial charge in [0, 0.05) is 16.8 Å². The molecule has 0 aromatic rings. The van der Waals surface area contributed by atoms with E-state index in [9.17, 15) is 0 Å². The third kappa shape index (κ3) is 0.784. The van der Waals surface area contributed by atoms with Crippen LogP contribution in [0.2, 0.25) is 0 Å². The predicted octanol–water partition coefficient (Wildman–Crippen LogP) is 1.86. The first-order valence-corrected chi connectivity index (χ1v) is 3.15. The van der Waals surface area contributed by atoms with E-state index in [0.717, 1.165) is 11.4 Å². The normalized spacial score (nSPS) is 23.6. The van der Waals surface area contributed by atoms with Gasteiger partial charge in [-0.2, -0.15) is 10.2 Å². The van der Waals surface area contributed by atoms with Crippen LogP contribution in [0.4, 0.5) is 0 Å². The van der Waals surface area contributed by atoms with Gasteiger partial charge in [-0.25, -0.2) is 0 Å². The average Bonchev–Trinajstić information content (AvgIpc) is 1.96.